The first-order chi connectivity index (χ1) is 11.9. The first kappa shape index (κ1) is 18.3. The summed E-state index contributed by atoms with van der Waals surface area (Å²) in [5.74, 6) is 3.43. The Bertz CT molecular complexity index is 496. The molecule has 3 heteroatoms. The molecule has 0 saturated heterocycles. The molecule has 0 aromatic heterocycles. The van der Waals surface area contributed by atoms with E-state index in [1.54, 1.807) is 0 Å². The van der Waals surface area contributed by atoms with Crippen LogP contribution in [0.15, 0.2) is 0 Å². The van der Waals surface area contributed by atoms with Gasteiger partial charge in [-0.1, -0.05) is 13.8 Å². The topological polar surface area (TPSA) is 43.7 Å². The van der Waals surface area contributed by atoms with Gasteiger partial charge in [-0.15, -0.1) is 0 Å². The van der Waals surface area contributed by atoms with Crippen molar-refractivity contribution in [1.82, 2.24) is 4.90 Å². The molecule has 25 heavy (non-hydrogen) atoms. The van der Waals surface area contributed by atoms with E-state index < -0.39 is 0 Å². The van der Waals surface area contributed by atoms with Crippen LogP contribution in [0.2, 0.25) is 0 Å². The van der Waals surface area contributed by atoms with Crippen LogP contribution in [-0.2, 0) is 0 Å². The third-order valence-corrected chi connectivity index (χ3v) is 9.57. The molecule has 4 aliphatic rings. The van der Waals surface area contributed by atoms with Crippen molar-refractivity contribution in [3.8, 4) is 0 Å². The lowest BCUT2D eigenvalue weighted by Gasteiger charge is -2.61. The number of hydrogen-bond acceptors (Lipinski definition) is 3. The number of likely N-dealkylation sites (N-methyl/N-ethyl adjacent to an activating group) is 1. The Morgan fingerprint density at radius 2 is 1.64 bits per heavy atom. The molecule has 4 fully saturated rings. The molecule has 8 atom stereocenters. The van der Waals surface area contributed by atoms with Crippen molar-refractivity contribution in [3.63, 3.8) is 0 Å². The summed E-state index contributed by atoms with van der Waals surface area (Å²) in [5.41, 5.74) is 0.932. The predicted octanol–water partition coefficient (Wildman–Crippen LogP) is 3.68. The molecule has 0 aromatic carbocycles. The first-order valence-electron chi connectivity index (χ1n) is 10.9. The molecule has 0 unspecified atom stereocenters. The summed E-state index contributed by atoms with van der Waals surface area (Å²) in [6.07, 6.45) is 11.5. The molecule has 0 bridgehead atoms. The monoisotopic (exact) mass is 349 g/mol. The summed E-state index contributed by atoms with van der Waals surface area (Å²) in [4.78, 5) is 2.45. The van der Waals surface area contributed by atoms with E-state index in [9.17, 15) is 10.2 Å². The fourth-order valence-corrected chi connectivity index (χ4v) is 8.25. The van der Waals surface area contributed by atoms with Gasteiger partial charge in [0.25, 0.3) is 0 Å². The molecule has 0 radical (unpaired) electrons. The second kappa shape index (κ2) is 6.49. The molecule has 3 nitrogen and oxygen atoms in total. The molecule has 0 amide bonds. The fourth-order valence-electron chi connectivity index (χ4n) is 8.25. The summed E-state index contributed by atoms with van der Waals surface area (Å²) >= 11 is 0. The Hall–Kier alpha value is -0.120. The molecule has 4 rings (SSSR count). The van der Waals surface area contributed by atoms with E-state index in [4.69, 9.17) is 0 Å². The third-order valence-electron chi connectivity index (χ3n) is 9.57. The molecule has 4 saturated carbocycles. The highest BCUT2D eigenvalue weighted by Crippen LogP contribution is 2.66. The van der Waals surface area contributed by atoms with Gasteiger partial charge in [0.15, 0.2) is 0 Å². The second-order valence-corrected chi connectivity index (χ2v) is 10.4. The van der Waals surface area contributed by atoms with Gasteiger partial charge in [-0.2, -0.15) is 0 Å². The molecule has 0 spiro atoms. The number of aliphatic hydroxyl groups excluding tert-OH is 2. The van der Waals surface area contributed by atoms with Crippen molar-refractivity contribution in [2.75, 3.05) is 20.2 Å². The van der Waals surface area contributed by atoms with Crippen LogP contribution in [0, 0.1) is 34.5 Å². The first-order valence-corrected chi connectivity index (χ1v) is 10.9. The van der Waals surface area contributed by atoms with E-state index in [1.165, 1.54) is 44.9 Å². The minimum Gasteiger partial charge on any atom is -0.395 e. The predicted molar refractivity (Wildman–Crippen MR) is 101 cm³/mol. The Kier molecular flexibility index (Phi) is 4.74. The maximum absolute atomic E-state index is 10.2. The summed E-state index contributed by atoms with van der Waals surface area (Å²) < 4.78 is 0. The van der Waals surface area contributed by atoms with Crippen molar-refractivity contribution >= 4 is 0 Å². The van der Waals surface area contributed by atoms with Gasteiger partial charge in [-0.05, 0) is 99.3 Å². The molecule has 0 heterocycles. The summed E-state index contributed by atoms with van der Waals surface area (Å²) in [7, 11) is 2.22. The number of aliphatic hydroxyl groups is 2. The van der Waals surface area contributed by atoms with Gasteiger partial charge < -0.3 is 15.1 Å². The van der Waals surface area contributed by atoms with E-state index in [0.29, 0.717) is 16.9 Å². The van der Waals surface area contributed by atoms with E-state index in [2.05, 4.69) is 25.8 Å². The fraction of sp³-hybridized carbons (Fsp3) is 1.00. The van der Waals surface area contributed by atoms with E-state index in [1.807, 2.05) is 0 Å². The molecular weight excluding hydrogens is 310 g/mol. The average Bonchev–Trinajstić information content (AvgIpc) is 2.93. The minimum absolute atomic E-state index is 0.0357. The van der Waals surface area contributed by atoms with Crippen LogP contribution in [0.1, 0.15) is 71.6 Å². The zero-order valence-corrected chi connectivity index (χ0v) is 16.6. The van der Waals surface area contributed by atoms with Crippen LogP contribution < -0.4 is 0 Å². The highest BCUT2D eigenvalue weighted by atomic mass is 16.3. The highest BCUT2D eigenvalue weighted by molar-refractivity contribution is 5.11. The molecule has 144 valence electrons. The number of nitrogens with zero attached hydrogens (tertiary/aromatic N) is 1. The lowest BCUT2D eigenvalue weighted by molar-refractivity contribution is -0.128. The van der Waals surface area contributed by atoms with E-state index in [0.717, 1.165) is 43.1 Å². The molecule has 4 aliphatic carbocycles. The van der Waals surface area contributed by atoms with E-state index in [-0.39, 0.29) is 12.7 Å². The Morgan fingerprint density at radius 1 is 0.920 bits per heavy atom. The van der Waals surface area contributed by atoms with Crippen LogP contribution in [-0.4, -0.2) is 47.5 Å². The van der Waals surface area contributed by atoms with Gasteiger partial charge in [0.2, 0.25) is 0 Å². The van der Waals surface area contributed by atoms with Gasteiger partial charge in [-0.25, -0.2) is 0 Å². The summed E-state index contributed by atoms with van der Waals surface area (Å²) in [6.45, 7) is 6.24. The SMILES string of the molecule is CN(CCO)[C@H]1CC[C@@H]2[C@H]3CC[C@H]4C[C@@H](O)CC[C@]4(C)[C@H]3CC[C@@]21C. The van der Waals surface area contributed by atoms with Gasteiger partial charge in [0, 0.05) is 12.6 Å². The summed E-state index contributed by atoms with van der Waals surface area (Å²) in [6, 6.07) is 0.657. The lowest BCUT2D eigenvalue weighted by Crippen LogP contribution is -2.56. The maximum Gasteiger partial charge on any atom is 0.0558 e. The zero-order chi connectivity index (χ0) is 17.8. The molecular formula is C22H39NO2. The van der Waals surface area contributed by atoms with Crippen LogP contribution in [0.4, 0.5) is 0 Å². The van der Waals surface area contributed by atoms with E-state index >= 15 is 0 Å². The molecule has 2 N–H and O–H groups in total. The van der Waals surface area contributed by atoms with Crippen molar-refractivity contribution in [2.45, 2.75) is 83.8 Å². The van der Waals surface area contributed by atoms with Gasteiger partial charge in [0.05, 0.1) is 12.7 Å². The van der Waals surface area contributed by atoms with Crippen LogP contribution in [0.3, 0.4) is 0 Å². The maximum atomic E-state index is 10.2. The normalized spacial score (nSPS) is 52.6. The second-order valence-electron chi connectivity index (χ2n) is 10.4. The number of rotatable bonds is 3. The van der Waals surface area contributed by atoms with Crippen LogP contribution in [0.25, 0.3) is 0 Å². The van der Waals surface area contributed by atoms with Crippen molar-refractivity contribution < 1.29 is 10.2 Å². The lowest BCUT2D eigenvalue weighted by atomic mass is 9.45. The smallest absolute Gasteiger partial charge is 0.0558 e. The van der Waals surface area contributed by atoms with Gasteiger partial charge >= 0.3 is 0 Å². The average molecular weight is 350 g/mol. The summed E-state index contributed by atoms with van der Waals surface area (Å²) in [5, 5.41) is 19.6. The highest BCUT2D eigenvalue weighted by Gasteiger charge is 2.60. The Balaban J connectivity index is 1.56. The Morgan fingerprint density at radius 3 is 2.40 bits per heavy atom. The quantitative estimate of drug-likeness (QED) is 0.817. The van der Waals surface area contributed by atoms with Gasteiger partial charge in [0.1, 0.15) is 0 Å². The molecule has 0 aromatic rings. The largest absolute Gasteiger partial charge is 0.395 e. The third kappa shape index (κ3) is 2.72. The van der Waals surface area contributed by atoms with Gasteiger partial charge in [-0.3, -0.25) is 0 Å². The van der Waals surface area contributed by atoms with Crippen molar-refractivity contribution in [1.29, 1.82) is 0 Å². The minimum atomic E-state index is -0.0357. The van der Waals surface area contributed by atoms with Crippen LogP contribution in [0.5, 0.6) is 0 Å². The van der Waals surface area contributed by atoms with Crippen molar-refractivity contribution in [3.05, 3.63) is 0 Å². The zero-order valence-electron chi connectivity index (χ0n) is 16.6. The van der Waals surface area contributed by atoms with Crippen molar-refractivity contribution in [2.24, 2.45) is 34.5 Å². The standard InChI is InChI=1S/C22H39NO2/c1-21-10-8-16(25)14-15(21)4-5-17-18-6-7-20(23(3)12-13-24)22(18,2)11-9-19(17)21/h15-20,24-25H,4-14H2,1-3H3/t15-,16-,17+,18+,19-,20-,21-,22-/m0/s1. The van der Waals surface area contributed by atoms with Crippen LogP contribution >= 0.6 is 0 Å². The number of hydrogen-bond donors (Lipinski definition) is 2. The number of fused-ring (bicyclic) bond motifs is 5. The Labute approximate surface area is 154 Å². The molecule has 0 aliphatic heterocycles.